The van der Waals surface area contributed by atoms with Crippen molar-refractivity contribution in [2.75, 3.05) is 42.8 Å². The van der Waals surface area contributed by atoms with Crippen LogP contribution in [0.25, 0.3) is 73.2 Å². The van der Waals surface area contributed by atoms with Crippen molar-refractivity contribution in [1.29, 1.82) is 0 Å². The van der Waals surface area contributed by atoms with Crippen LogP contribution in [-0.2, 0) is 49.3 Å². The van der Waals surface area contributed by atoms with Crippen LogP contribution in [0.5, 0.6) is 0 Å². The number of ketones is 1. The number of nitrogens with two attached hydrogens (primary N) is 2. The first kappa shape index (κ1) is 110. The number of halogens is 5. The molecule has 1 unspecified atom stereocenters. The number of hydrogen-bond acceptors (Lipinski definition) is 27. The minimum absolute atomic E-state index is 0. The van der Waals surface area contributed by atoms with Gasteiger partial charge in [-0.05, 0) is 142 Å². The number of aliphatic hydroxyl groups excluding tert-OH is 4. The summed E-state index contributed by atoms with van der Waals surface area (Å²) < 4.78 is 58.8. The molecule has 143 heavy (non-hydrogen) atoms. The summed E-state index contributed by atoms with van der Waals surface area (Å²) in [7, 11) is -4.12. The minimum Gasteiger partial charge on any atom is -1.00 e. The molecule has 9 heterocycles. The molecule has 0 spiro atoms. The molecular formula is C102H112Cl5N18O16PS. The average Bonchev–Trinajstić information content (AvgIpc) is 1.63. The number of aromatic nitrogens is 13. The van der Waals surface area contributed by atoms with Gasteiger partial charge in [0.05, 0.1) is 76.7 Å². The SMILES string of the molecule is CC1=CC(=O)n2nc(-c3ccccc3)cc2C1.CCOC(=O)CC(C)=O.C[C@@H]1[C@@H](CO)C[C@@H]([NH3+])[C@@H]1OC(=O)c1ccccc1.Cc1cc(Cl)n2nc(-c3ccccc3)cc2n1.Cc1cc(N[C@@H]2C[C@H](CO)[C@@H](C)C2OC(=O)c2ccccc2)n2nc(-c3ccccc3)cc2n1.Cc1cc(N[C@@H]2C[C@H](COS(N)(=O)=O)[C@@H](O)[C@H]2O)n2nc(-c3ccccc3)cc2n1.Nc1cc(-c2ccccc2)[nH]n1.O=P(Cl)(Cl)Cl.[Cl-]. The molecule has 3 saturated carbocycles. The highest BCUT2D eigenvalue weighted by atomic mass is 36.0. The van der Waals surface area contributed by atoms with E-state index in [1.165, 1.54) is 11.6 Å². The lowest BCUT2D eigenvalue weighted by molar-refractivity contribution is -0.433. The number of aliphatic hydroxyl groups is 4. The summed E-state index contributed by atoms with van der Waals surface area (Å²) in [6.45, 7) is 15.0. The number of carbonyl (C=O) groups is 5. The first-order chi connectivity index (χ1) is 67.9. The molecule has 8 aromatic heterocycles. The van der Waals surface area contributed by atoms with Crippen LogP contribution in [0.1, 0.15) is 109 Å². The Bertz CT molecular complexity index is 6960. The summed E-state index contributed by atoms with van der Waals surface area (Å²) >= 11 is 20.0. The Morgan fingerprint density at radius 3 is 1.36 bits per heavy atom. The summed E-state index contributed by atoms with van der Waals surface area (Å²) in [4.78, 5) is 70.8. The number of Topliss-reactive ketones (excluding diaryl/α,β-unsaturated/α-hetero) is 1. The summed E-state index contributed by atoms with van der Waals surface area (Å²) in [5.41, 5.74) is 26.7. The maximum absolute atomic E-state index is 12.8. The number of allylic oxidation sites excluding steroid dienone is 2. The van der Waals surface area contributed by atoms with Crippen molar-refractivity contribution in [1.82, 2.24) is 63.8 Å². The molecule has 752 valence electrons. The van der Waals surface area contributed by atoms with Crippen LogP contribution in [0.4, 0.5) is 17.5 Å². The standard InChI is InChI=1S/C27H28N4O3.C19H23N5O5S.C14H12N2O.C14H19NO3.C13H10ClN3.C9H9N3.C6H10O3.Cl3OP.ClH/c1-17-13-24(31-25(28-17)15-22(30-31)19-9-5-3-6-10-19)29-23-14-21(16-32)18(2)26(23)34-27(33)20-11-7-4-8-12-20;1-11-7-16(22-15-8-13(18(25)19(15)26)10-29-30(20,27)28)24-17(21-11)9-14(23-24)12-5-3-2-4-6-12;1-10-7-12-9-13(11-5-3-2-4-6-11)15-16(12)14(17)8-10;1-9-11(8-16)7-12(15)13(9)18-14(17)10-5-3-2-4-6-10;1-9-7-12(14)17-13(15-9)8-11(16-17)10-5-3-2-4-6-10;10-9-6-8(11-12-9)7-4-2-1-3-5-7;1-3-9-6(8)4-5(2)7;1-5(2,3)4;/h3-13,15,18,21,23,26,29,32H,14,16H2,1-2H3;2-7,9,13,15,18-19,22,25-26H,8,10H2,1H3,(H2,20,27,28);2-6,8-9H,7H2,1H3;2-6,9,11-13,16H,7-8,15H2,1H3;2-8H,1H3;1-6H,(H3,10,11,12);3-4H2,1-2H3;;1H/t18-,21-,23-,26?;13-,15-,18-,19+;;9-,11-,12-,13-;;;;;/m11.1...../s1. The third-order valence-corrected chi connectivity index (χ3v) is 24.3. The molecule has 0 saturated heterocycles. The summed E-state index contributed by atoms with van der Waals surface area (Å²) in [5, 5.41) is 73.8. The number of aryl methyl sites for hydroxylation is 3. The maximum atomic E-state index is 12.8. The number of carbonyl (C=O) groups excluding carboxylic acids is 5. The molecule has 4 aliphatic rings. The van der Waals surface area contributed by atoms with Crippen molar-refractivity contribution in [3.05, 3.63) is 312 Å². The highest BCUT2D eigenvalue weighted by Crippen LogP contribution is 2.61. The monoisotopic (exact) mass is 2080 g/mol. The number of nitrogens with one attached hydrogen (secondary N) is 3. The van der Waals surface area contributed by atoms with Gasteiger partial charge >= 0.3 is 33.4 Å². The van der Waals surface area contributed by atoms with Crippen LogP contribution in [0.2, 0.25) is 5.15 Å². The molecule has 19 rings (SSSR count). The van der Waals surface area contributed by atoms with Crippen molar-refractivity contribution in [3.63, 3.8) is 0 Å². The van der Waals surface area contributed by atoms with E-state index in [0.29, 0.717) is 46.6 Å². The lowest BCUT2D eigenvalue weighted by atomic mass is 9.98. The van der Waals surface area contributed by atoms with Crippen LogP contribution in [-0.4, -0.2) is 191 Å². The zero-order valence-corrected chi connectivity index (χ0v) is 84.8. The number of anilines is 3. The van der Waals surface area contributed by atoms with E-state index in [1.54, 1.807) is 62.9 Å². The lowest BCUT2D eigenvalue weighted by Gasteiger charge is -2.25. The molecule has 12 atom stereocenters. The number of aromatic amines is 1. The molecular weight excluding hydrogens is 1970 g/mol. The molecule has 14 N–H and O–H groups in total. The van der Waals surface area contributed by atoms with Crippen LogP contribution < -0.4 is 39.6 Å². The van der Waals surface area contributed by atoms with E-state index >= 15 is 0 Å². The second kappa shape index (κ2) is 51.8. The number of nitrogens with zero attached hydrogens (tertiary/aromatic N) is 12. The largest absolute Gasteiger partial charge is 1.00 e. The molecule has 0 amide bonds. The summed E-state index contributed by atoms with van der Waals surface area (Å²) in [6, 6.07) is 82.0. The van der Waals surface area contributed by atoms with E-state index in [1.807, 2.05) is 266 Å². The highest BCUT2D eigenvalue weighted by molar-refractivity contribution is 8.24. The third-order valence-electron chi connectivity index (χ3n) is 23.5. The third kappa shape index (κ3) is 31.5. The molecule has 15 aromatic rings. The van der Waals surface area contributed by atoms with Gasteiger partial charge in [0.25, 0.3) is 5.91 Å². The normalized spacial score (nSPS) is 19.1. The van der Waals surface area contributed by atoms with Gasteiger partial charge in [-0.2, -0.15) is 42.9 Å². The number of hydrogen-bond donors (Lipinski definition) is 10. The zero-order valence-electron chi connectivity index (χ0n) is 79.4. The van der Waals surface area contributed by atoms with E-state index in [0.717, 1.165) is 115 Å². The summed E-state index contributed by atoms with van der Waals surface area (Å²) in [6.07, 6.45) is 1.26. The number of ether oxygens (including phenoxy) is 3. The topological polar surface area (TPSA) is 495 Å². The Hall–Kier alpha value is -12.9. The number of rotatable bonds is 21. The number of H-pyrrole nitrogens is 1. The van der Waals surface area contributed by atoms with Gasteiger partial charge in [-0.25, -0.2) is 38.9 Å². The van der Waals surface area contributed by atoms with Gasteiger partial charge in [0.2, 0.25) is 0 Å². The minimum atomic E-state index is -4.12. The van der Waals surface area contributed by atoms with Crippen LogP contribution in [0.15, 0.2) is 273 Å². The van der Waals surface area contributed by atoms with Gasteiger partial charge in [0.15, 0.2) is 23.0 Å². The molecule has 3 aliphatic carbocycles. The Kier molecular flexibility index (Phi) is 40.0. The van der Waals surface area contributed by atoms with Crippen molar-refractivity contribution in [2.45, 2.75) is 130 Å². The smallest absolute Gasteiger partial charge is 0.339 e. The van der Waals surface area contributed by atoms with Crippen LogP contribution in [0, 0.1) is 50.4 Å². The molecule has 0 bridgehead atoms. The number of esters is 3. The van der Waals surface area contributed by atoms with E-state index in [-0.39, 0.29) is 111 Å². The van der Waals surface area contributed by atoms with Crippen molar-refractivity contribution >= 4 is 125 Å². The number of nitrogen functional groups attached to an aromatic ring is 1. The number of fused-ring (bicyclic) bond motifs is 4. The lowest BCUT2D eigenvalue weighted by Crippen LogP contribution is -3.00. The van der Waals surface area contributed by atoms with Crippen molar-refractivity contribution < 1.29 is 93.9 Å². The fourth-order valence-corrected chi connectivity index (χ4v) is 17.3. The Balaban J connectivity index is 0.000000163. The zero-order chi connectivity index (χ0) is 102. The van der Waals surface area contributed by atoms with Gasteiger partial charge < -0.3 is 69.1 Å². The fraction of sp³-hybridized carbons (Fsp3) is 0.284. The van der Waals surface area contributed by atoms with Gasteiger partial charge in [-0.15, -0.1) is 0 Å². The molecule has 1 aliphatic heterocycles. The highest BCUT2D eigenvalue weighted by Gasteiger charge is 2.46. The average molecular weight is 2090 g/mol. The van der Waals surface area contributed by atoms with E-state index < -0.39 is 51.7 Å². The predicted molar refractivity (Wildman–Crippen MR) is 546 cm³/mol. The van der Waals surface area contributed by atoms with E-state index in [4.69, 9.17) is 37.0 Å². The molecule has 41 heteroatoms. The van der Waals surface area contributed by atoms with Gasteiger partial charge in [-0.3, -0.25) is 28.2 Å². The van der Waals surface area contributed by atoms with E-state index in [2.05, 4.69) is 99.5 Å². The molecule has 34 nitrogen and oxygen atoms in total. The number of benzene rings is 7. The Labute approximate surface area is 852 Å². The molecule has 7 aromatic carbocycles. The van der Waals surface area contributed by atoms with Gasteiger partial charge in [0, 0.05) is 126 Å². The van der Waals surface area contributed by atoms with Crippen molar-refractivity contribution in [3.8, 4) is 56.3 Å². The van der Waals surface area contributed by atoms with E-state index in [9.17, 15) is 57.4 Å². The maximum Gasteiger partial charge on any atom is 0.339 e. The molecule has 3 fully saturated rings. The molecule has 0 radical (unpaired) electrons. The first-order valence-electron chi connectivity index (χ1n) is 45.5. The summed E-state index contributed by atoms with van der Waals surface area (Å²) in [5.74, 6) is 0.374. The Morgan fingerprint density at radius 1 is 0.545 bits per heavy atom. The van der Waals surface area contributed by atoms with Crippen LogP contribution in [0.3, 0.4) is 0 Å². The second-order valence-electron chi connectivity index (χ2n) is 34.3. The fourth-order valence-electron chi connectivity index (χ4n) is 16.6. The predicted octanol–water partition coefficient (Wildman–Crippen LogP) is 13.3. The number of quaternary nitrogens is 1. The van der Waals surface area contributed by atoms with Crippen LogP contribution >= 0.6 is 50.5 Å². The first-order valence-corrected chi connectivity index (χ1v) is 51.8. The Morgan fingerprint density at radius 2 is 0.937 bits per heavy atom. The van der Waals surface area contributed by atoms with Crippen molar-refractivity contribution in [2.24, 2.45) is 34.7 Å². The van der Waals surface area contributed by atoms with Gasteiger partial charge in [-0.1, -0.05) is 219 Å². The second-order valence-corrected chi connectivity index (χ2v) is 42.6. The quantitative estimate of drug-likeness (QED) is 0.0105. The van der Waals surface area contributed by atoms with Gasteiger partial charge in [0.1, 0.15) is 53.1 Å².